The number of carbonyl (C=O) groups excluding carboxylic acids is 2. The molecule has 116 valence electrons. The highest BCUT2D eigenvalue weighted by atomic mass is 35.5. The van der Waals surface area contributed by atoms with Crippen LogP contribution in [0, 0.1) is 0 Å². The standard InChI is InChI=1S/C12H12ClF3N2O3/c1-18(2)10(19)8-4-3-7(13)5-9(8)17-11(20)21-6-12(14,15)16/h3-5H,6H2,1-2H3,(H,17,20). The Balaban J connectivity index is 2.89. The SMILES string of the molecule is CN(C)C(=O)c1ccc(Cl)cc1NC(=O)OCC(F)(F)F. The Labute approximate surface area is 123 Å². The largest absolute Gasteiger partial charge is 0.440 e. The van der Waals surface area contributed by atoms with Gasteiger partial charge in [-0.15, -0.1) is 0 Å². The van der Waals surface area contributed by atoms with Crippen molar-refractivity contribution in [2.45, 2.75) is 6.18 Å². The van der Waals surface area contributed by atoms with E-state index in [9.17, 15) is 22.8 Å². The number of benzene rings is 1. The second kappa shape index (κ2) is 6.66. The van der Waals surface area contributed by atoms with Crippen LogP contribution in [0.2, 0.25) is 5.02 Å². The molecule has 1 rings (SSSR count). The van der Waals surface area contributed by atoms with Crippen LogP contribution in [0.3, 0.4) is 0 Å². The second-order valence-electron chi connectivity index (χ2n) is 4.21. The van der Waals surface area contributed by atoms with Gasteiger partial charge in [0.15, 0.2) is 6.61 Å². The number of amides is 2. The zero-order chi connectivity index (χ0) is 16.2. The summed E-state index contributed by atoms with van der Waals surface area (Å²) >= 11 is 5.74. The van der Waals surface area contributed by atoms with E-state index < -0.39 is 24.8 Å². The summed E-state index contributed by atoms with van der Waals surface area (Å²) in [6, 6.07) is 4.02. The van der Waals surface area contributed by atoms with E-state index in [-0.39, 0.29) is 16.3 Å². The van der Waals surface area contributed by atoms with Gasteiger partial charge in [-0.1, -0.05) is 11.6 Å². The molecule has 0 aliphatic rings. The summed E-state index contributed by atoms with van der Waals surface area (Å²) in [6.45, 7) is -1.73. The fourth-order valence-electron chi connectivity index (χ4n) is 1.34. The average Bonchev–Trinajstić information content (AvgIpc) is 2.35. The van der Waals surface area contributed by atoms with Crippen LogP contribution in [0.1, 0.15) is 10.4 Å². The summed E-state index contributed by atoms with van der Waals surface area (Å²) in [4.78, 5) is 24.4. The van der Waals surface area contributed by atoms with Gasteiger partial charge in [0.25, 0.3) is 5.91 Å². The lowest BCUT2D eigenvalue weighted by molar-refractivity contribution is -0.159. The van der Waals surface area contributed by atoms with Crippen LogP contribution in [0.5, 0.6) is 0 Å². The predicted molar refractivity (Wildman–Crippen MR) is 70.5 cm³/mol. The highest BCUT2D eigenvalue weighted by molar-refractivity contribution is 6.31. The van der Waals surface area contributed by atoms with Crippen molar-refractivity contribution in [1.82, 2.24) is 4.90 Å². The molecule has 0 fully saturated rings. The van der Waals surface area contributed by atoms with Gasteiger partial charge < -0.3 is 9.64 Å². The van der Waals surface area contributed by atoms with E-state index in [1.54, 1.807) is 0 Å². The minimum Gasteiger partial charge on any atom is -0.440 e. The fourth-order valence-corrected chi connectivity index (χ4v) is 1.51. The Kier molecular flexibility index (Phi) is 5.42. The molecule has 0 radical (unpaired) electrons. The van der Waals surface area contributed by atoms with E-state index in [1.807, 2.05) is 0 Å². The van der Waals surface area contributed by atoms with E-state index in [0.717, 1.165) is 0 Å². The molecule has 0 saturated heterocycles. The van der Waals surface area contributed by atoms with Gasteiger partial charge in [-0.25, -0.2) is 4.79 Å². The topological polar surface area (TPSA) is 58.6 Å². The molecule has 0 saturated carbocycles. The molecule has 5 nitrogen and oxygen atoms in total. The van der Waals surface area contributed by atoms with Crippen LogP contribution in [0.4, 0.5) is 23.7 Å². The van der Waals surface area contributed by atoms with Gasteiger partial charge in [-0.05, 0) is 18.2 Å². The third-order valence-electron chi connectivity index (χ3n) is 2.22. The molecule has 1 N–H and O–H groups in total. The van der Waals surface area contributed by atoms with Crippen LogP contribution >= 0.6 is 11.6 Å². The third kappa shape index (κ3) is 5.50. The van der Waals surface area contributed by atoms with E-state index in [1.165, 1.54) is 37.2 Å². The van der Waals surface area contributed by atoms with Crippen molar-refractivity contribution in [3.8, 4) is 0 Å². The molecule has 0 atom stereocenters. The number of halogens is 4. The molecule has 0 aliphatic carbocycles. The van der Waals surface area contributed by atoms with Crippen LogP contribution in [-0.4, -0.2) is 43.8 Å². The van der Waals surface area contributed by atoms with Gasteiger partial charge in [0.2, 0.25) is 0 Å². The van der Waals surface area contributed by atoms with Crippen molar-refractivity contribution in [2.24, 2.45) is 0 Å². The minimum atomic E-state index is -4.63. The van der Waals surface area contributed by atoms with E-state index in [4.69, 9.17) is 11.6 Å². The Morgan fingerprint density at radius 1 is 1.33 bits per heavy atom. The highest BCUT2D eigenvalue weighted by Gasteiger charge is 2.29. The van der Waals surface area contributed by atoms with Crippen molar-refractivity contribution in [2.75, 3.05) is 26.0 Å². The summed E-state index contributed by atoms with van der Waals surface area (Å²) in [7, 11) is 2.98. The first-order valence-electron chi connectivity index (χ1n) is 5.62. The van der Waals surface area contributed by atoms with Crippen molar-refractivity contribution < 1.29 is 27.5 Å². The number of nitrogens with one attached hydrogen (secondary N) is 1. The van der Waals surface area contributed by atoms with Gasteiger partial charge in [0.1, 0.15) is 0 Å². The Morgan fingerprint density at radius 3 is 2.48 bits per heavy atom. The van der Waals surface area contributed by atoms with Crippen molar-refractivity contribution in [1.29, 1.82) is 0 Å². The summed E-state index contributed by atoms with van der Waals surface area (Å²) < 4.78 is 39.8. The molecule has 0 heterocycles. The van der Waals surface area contributed by atoms with E-state index in [2.05, 4.69) is 10.1 Å². The number of rotatable bonds is 3. The molecule has 9 heteroatoms. The van der Waals surface area contributed by atoms with Crippen LogP contribution < -0.4 is 5.32 Å². The van der Waals surface area contributed by atoms with Crippen LogP contribution in [0.25, 0.3) is 0 Å². The number of ether oxygens (including phenoxy) is 1. The summed E-state index contributed by atoms with van der Waals surface area (Å²) in [5.41, 5.74) is 0.0433. The maximum Gasteiger partial charge on any atom is 0.422 e. The first kappa shape index (κ1) is 17.1. The first-order chi connectivity index (χ1) is 9.60. The second-order valence-corrected chi connectivity index (χ2v) is 4.64. The van der Waals surface area contributed by atoms with Crippen molar-refractivity contribution in [3.63, 3.8) is 0 Å². The number of hydrogen-bond donors (Lipinski definition) is 1. The van der Waals surface area contributed by atoms with Gasteiger partial charge in [0.05, 0.1) is 11.3 Å². The van der Waals surface area contributed by atoms with E-state index in [0.29, 0.717) is 0 Å². The molecule has 0 aliphatic heterocycles. The van der Waals surface area contributed by atoms with Crippen molar-refractivity contribution in [3.05, 3.63) is 28.8 Å². The number of hydrogen-bond acceptors (Lipinski definition) is 3. The lowest BCUT2D eigenvalue weighted by atomic mass is 10.1. The van der Waals surface area contributed by atoms with Crippen LogP contribution in [0.15, 0.2) is 18.2 Å². The maximum absolute atomic E-state index is 11.9. The molecule has 1 aromatic carbocycles. The quantitative estimate of drug-likeness (QED) is 0.929. The fraction of sp³-hybridized carbons (Fsp3) is 0.333. The Morgan fingerprint density at radius 2 is 1.95 bits per heavy atom. The zero-order valence-electron chi connectivity index (χ0n) is 11.1. The number of nitrogens with zero attached hydrogens (tertiary/aromatic N) is 1. The molecule has 0 spiro atoms. The first-order valence-corrected chi connectivity index (χ1v) is 5.99. The molecule has 0 aromatic heterocycles. The number of anilines is 1. The van der Waals surface area contributed by atoms with Crippen LogP contribution in [-0.2, 0) is 4.74 Å². The van der Waals surface area contributed by atoms with E-state index >= 15 is 0 Å². The summed E-state index contributed by atoms with van der Waals surface area (Å²) in [5.74, 6) is -0.446. The van der Waals surface area contributed by atoms with Gasteiger partial charge >= 0.3 is 12.3 Å². The number of carbonyl (C=O) groups is 2. The molecule has 0 unspecified atom stereocenters. The highest BCUT2D eigenvalue weighted by Crippen LogP contribution is 2.23. The molecule has 2 amide bonds. The third-order valence-corrected chi connectivity index (χ3v) is 2.46. The molecule has 0 bridgehead atoms. The normalized spacial score (nSPS) is 11.0. The lowest BCUT2D eigenvalue weighted by Gasteiger charge is -2.15. The van der Waals surface area contributed by atoms with Crippen molar-refractivity contribution >= 4 is 29.3 Å². The predicted octanol–water partition coefficient (Wildman–Crippen LogP) is 3.15. The van der Waals surface area contributed by atoms with Gasteiger partial charge in [0, 0.05) is 19.1 Å². The maximum atomic E-state index is 11.9. The molecule has 21 heavy (non-hydrogen) atoms. The average molecular weight is 325 g/mol. The summed E-state index contributed by atoms with van der Waals surface area (Å²) in [6.07, 6.45) is -5.96. The minimum absolute atomic E-state index is 0.0339. The van der Waals surface area contributed by atoms with Gasteiger partial charge in [-0.3, -0.25) is 10.1 Å². The number of alkyl halides is 3. The lowest BCUT2D eigenvalue weighted by Crippen LogP contribution is -2.26. The van der Waals surface area contributed by atoms with Gasteiger partial charge in [-0.2, -0.15) is 13.2 Å². The molecular formula is C12H12ClF3N2O3. The Bertz CT molecular complexity index is 547. The monoisotopic (exact) mass is 324 g/mol. The summed E-state index contributed by atoms with van der Waals surface area (Å²) in [5, 5.41) is 2.27. The molecule has 1 aromatic rings. The zero-order valence-corrected chi connectivity index (χ0v) is 11.9. The smallest absolute Gasteiger partial charge is 0.422 e. The Hall–Kier alpha value is -1.96. The molecular weight excluding hydrogens is 313 g/mol.